The molecule has 0 bridgehead atoms. The van der Waals surface area contributed by atoms with Gasteiger partial charge in [-0.15, -0.1) is 10.2 Å². The predicted molar refractivity (Wildman–Crippen MR) is 110 cm³/mol. The zero-order valence-corrected chi connectivity index (χ0v) is 16.5. The Bertz CT molecular complexity index is 1240. The van der Waals surface area contributed by atoms with Crippen LogP contribution in [0.4, 0.5) is 5.13 Å². The molecule has 1 N–H and O–H groups in total. The molecule has 1 amide bonds. The smallest absolute Gasteiger partial charge is 0.270 e. The van der Waals surface area contributed by atoms with Gasteiger partial charge in [0, 0.05) is 12.4 Å². The minimum Gasteiger partial charge on any atom is -0.483 e. The van der Waals surface area contributed by atoms with Gasteiger partial charge in [0.15, 0.2) is 5.01 Å². The first kappa shape index (κ1) is 18.8. The molecule has 8 nitrogen and oxygen atoms in total. The van der Waals surface area contributed by atoms with Crippen LogP contribution in [0.25, 0.3) is 5.65 Å². The van der Waals surface area contributed by atoms with E-state index >= 15 is 0 Å². The maximum Gasteiger partial charge on any atom is 0.270 e. The molecule has 29 heavy (non-hydrogen) atoms. The molecule has 0 aliphatic rings. The van der Waals surface area contributed by atoms with E-state index in [4.69, 9.17) is 4.74 Å². The van der Waals surface area contributed by atoms with Crippen LogP contribution in [0, 0.1) is 6.92 Å². The summed E-state index contributed by atoms with van der Waals surface area (Å²) in [5.74, 6) is 0.129. The molecule has 4 rings (SSSR count). The second-order valence-electron chi connectivity index (χ2n) is 6.33. The number of carbonyl (C=O) groups is 1. The Morgan fingerprint density at radius 3 is 2.76 bits per heavy atom. The number of aromatic nitrogens is 4. The van der Waals surface area contributed by atoms with Crippen molar-refractivity contribution in [2.24, 2.45) is 0 Å². The van der Waals surface area contributed by atoms with Gasteiger partial charge >= 0.3 is 0 Å². The molecule has 0 aliphatic carbocycles. The molecule has 1 aromatic carbocycles. The number of carbonyl (C=O) groups excluding carboxylic acids is 1. The monoisotopic (exact) mass is 407 g/mol. The first-order valence-electron chi connectivity index (χ1n) is 8.86. The lowest BCUT2D eigenvalue weighted by Gasteiger charge is -2.10. The van der Waals surface area contributed by atoms with Crippen LogP contribution in [0.2, 0.25) is 0 Å². The summed E-state index contributed by atoms with van der Waals surface area (Å²) in [6.45, 7) is 3.70. The van der Waals surface area contributed by atoms with Gasteiger partial charge in [-0.1, -0.05) is 35.6 Å². The summed E-state index contributed by atoms with van der Waals surface area (Å²) < 4.78 is 7.17. The Morgan fingerprint density at radius 2 is 1.97 bits per heavy atom. The number of ether oxygens (including phenoxy) is 1. The molecule has 146 valence electrons. The normalized spacial score (nSPS) is 11.9. The second-order valence-corrected chi connectivity index (χ2v) is 7.34. The average Bonchev–Trinajstić information content (AvgIpc) is 3.18. The highest BCUT2D eigenvalue weighted by Gasteiger charge is 2.18. The highest BCUT2D eigenvalue weighted by Crippen LogP contribution is 2.26. The summed E-state index contributed by atoms with van der Waals surface area (Å²) in [5.41, 5.74) is 0.844. The zero-order chi connectivity index (χ0) is 20.4. The molecule has 0 unspecified atom stereocenters. The number of pyridine rings is 1. The lowest BCUT2D eigenvalue weighted by atomic mass is 10.2. The number of rotatable bonds is 5. The minimum atomic E-state index is -0.585. The Labute approximate surface area is 169 Å². The first-order chi connectivity index (χ1) is 14.0. The summed E-state index contributed by atoms with van der Waals surface area (Å²) in [5, 5.41) is 11.5. The van der Waals surface area contributed by atoms with Gasteiger partial charge in [-0.3, -0.25) is 19.3 Å². The number of nitrogens with zero attached hydrogens (tertiary/aromatic N) is 4. The number of hydrogen-bond donors (Lipinski definition) is 1. The van der Waals surface area contributed by atoms with Gasteiger partial charge in [-0.2, -0.15) is 0 Å². The average molecular weight is 407 g/mol. The molecular weight excluding hydrogens is 390 g/mol. The molecule has 3 heterocycles. The molecule has 0 saturated heterocycles. The number of para-hydroxylation sites is 1. The SMILES string of the molecule is Cc1cccn2c(=O)c(C(=O)Nc3nnc([C@@H](C)Oc4ccccc4)s3)cnc12. The Hall–Kier alpha value is -3.59. The molecule has 9 heteroatoms. The molecule has 0 spiro atoms. The van der Waals surface area contributed by atoms with Crippen LogP contribution >= 0.6 is 11.3 Å². The van der Waals surface area contributed by atoms with Crippen molar-refractivity contribution in [3.8, 4) is 5.75 Å². The minimum absolute atomic E-state index is 0.0709. The third kappa shape index (κ3) is 3.85. The highest BCUT2D eigenvalue weighted by molar-refractivity contribution is 7.15. The number of aryl methyl sites for hydroxylation is 1. The fourth-order valence-electron chi connectivity index (χ4n) is 2.77. The summed E-state index contributed by atoms with van der Waals surface area (Å²) in [6.07, 6.45) is 2.53. The van der Waals surface area contributed by atoms with Gasteiger partial charge in [-0.25, -0.2) is 4.98 Å². The highest BCUT2D eigenvalue weighted by atomic mass is 32.1. The number of benzene rings is 1. The zero-order valence-electron chi connectivity index (χ0n) is 15.7. The number of nitrogens with one attached hydrogen (secondary N) is 1. The molecule has 0 radical (unpaired) electrons. The van der Waals surface area contributed by atoms with E-state index in [0.717, 1.165) is 5.56 Å². The van der Waals surface area contributed by atoms with Crippen LogP contribution in [-0.4, -0.2) is 25.5 Å². The van der Waals surface area contributed by atoms with Crippen LogP contribution in [0.3, 0.4) is 0 Å². The van der Waals surface area contributed by atoms with Gasteiger partial charge < -0.3 is 4.74 Å². The fourth-order valence-corrected chi connectivity index (χ4v) is 3.49. The van der Waals surface area contributed by atoms with Crippen LogP contribution in [0.5, 0.6) is 5.75 Å². The lowest BCUT2D eigenvalue weighted by Crippen LogP contribution is -2.26. The van der Waals surface area contributed by atoms with Gasteiger partial charge in [0.1, 0.15) is 23.1 Å². The molecule has 3 aromatic heterocycles. The Balaban J connectivity index is 1.52. The summed E-state index contributed by atoms with van der Waals surface area (Å²) in [4.78, 5) is 29.4. The number of hydrogen-bond acceptors (Lipinski definition) is 7. The lowest BCUT2D eigenvalue weighted by molar-refractivity contribution is 0.102. The summed E-state index contributed by atoms with van der Waals surface area (Å²) >= 11 is 1.19. The molecule has 0 fully saturated rings. The standard InChI is InChI=1S/C20H17N5O3S/c1-12-7-6-10-25-16(12)21-11-15(19(25)27)17(26)22-20-24-23-18(29-20)13(2)28-14-8-4-3-5-9-14/h3-11,13H,1-2H3,(H,22,24,26)/t13-/m1/s1. The van der Waals surface area contributed by atoms with E-state index in [1.54, 1.807) is 12.3 Å². The second kappa shape index (κ2) is 7.80. The van der Waals surface area contributed by atoms with E-state index in [-0.39, 0.29) is 16.8 Å². The van der Waals surface area contributed by atoms with Crippen molar-refractivity contribution < 1.29 is 9.53 Å². The largest absolute Gasteiger partial charge is 0.483 e. The van der Waals surface area contributed by atoms with Crippen molar-refractivity contribution in [2.45, 2.75) is 20.0 Å². The third-order valence-corrected chi connectivity index (χ3v) is 5.24. The van der Waals surface area contributed by atoms with E-state index in [1.165, 1.54) is 21.9 Å². The van der Waals surface area contributed by atoms with Crippen molar-refractivity contribution in [3.05, 3.63) is 81.3 Å². The maximum absolute atomic E-state index is 12.6. The molecule has 4 aromatic rings. The van der Waals surface area contributed by atoms with Crippen molar-refractivity contribution in [1.29, 1.82) is 0 Å². The Morgan fingerprint density at radius 1 is 1.17 bits per heavy atom. The van der Waals surface area contributed by atoms with Gasteiger partial charge in [0.2, 0.25) is 5.13 Å². The van der Waals surface area contributed by atoms with Gasteiger partial charge in [0.05, 0.1) is 0 Å². The maximum atomic E-state index is 12.6. The summed E-state index contributed by atoms with van der Waals surface area (Å²) in [6, 6.07) is 12.9. The molecular formula is C20H17N5O3S. The van der Waals surface area contributed by atoms with E-state index < -0.39 is 11.5 Å². The number of fused-ring (bicyclic) bond motifs is 1. The van der Waals surface area contributed by atoms with Crippen molar-refractivity contribution in [2.75, 3.05) is 5.32 Å². The molecule has 0 aliphatic heterocycles. The van der Waals surface area contributed by atoms with Crippen LogP contribution in [0.1, 0.15) is 34.0 Å². The number of anilines is 1. The van der Waals surface area contributed by atoms with E-state index in [0.29, 0.717) is 16.4 Å². The number of amides is 1. The van der Waals surface area contributed by atoms with E-state index in [2.05, 4.69) is 20.5 Å². The fraction of sp³-hybridized carbons (Fsp3) is 0.150. The van der Waals surface area contributed by atoms with Gasteiger partial charge in [0.25, 0.3) is 11.5 Å². The molecule has 0 saturated carbocycles. The molecule has 1 atom stereocenters. The van der Waals surface area contributed by atoms with Crippen molar-refractivity contribution in [1.82, 2.24) is 19.6 Å². The predicted octanol–water partition coefficient (Wildman–Crippen LogP) is 3.25. The van der Waals surface area contributed by atoms with Crippen LogP contribution < -0.4 is 15.6 Å². The van der Waals surface area contributed by atoms with E-state index in [1.807, 2.05) is 50.2 Å². The Kier molecular flexibility index (Phi) is 5.05. The first-order valence-corrected chi connectivity index (χ1v) is 9.68. The van der Waals surface area contributed by atoms with Crippen molar-refractivity contribution in [3.63, 3.8) is 0 Å². The summed E-state index contributed by atoms with van der Waals surface area (Å²) in [7, 11) is 0. The van der Waals surface area contributed by atoms with Gasteiger partial charge in [-0.05, 0) is 37.6 Å². The quantitative estimate of drug-likeness (QED) is 0.545. The van der Waals surface area contributed by atoms with Crippen LogP contribution in [0.15, 0.2) is 59.7 Å². The van der Waals surface area contributed by atoms with Crippen LogP contribution in [-0.2, 0) is 0 Å². The van der Waals surface area contributed by atoms with Crippen molar-refractivity contribution >= 4 is 28.0 Å². The van der Waals surface area contributed by atoms with E-state index in [9.17, 15) is 9.59 Å². The topological polar surface area (TPSA) is 98.5 Å². The third-order valence-electron chi connectivity index (χ3n) is 4.24.